The predicted molar refractivity (Wildman–Crippen MR) is 86.5 cm³/mol. The van der Waals surface area contributed by atoms with E-state index in [0.29, 0.717) is 0 Å². The summed E-state index contributed by atoms with van der Waals surface area (Å²) in [4.78, 5) is 25.4. The Morgan fingerprint density at radius 2 is 1.96 bits per heavy atom. The van der Waals surface area contributed by atoms with Crippen LogP contribution >= 0.6 is 7.82 Å². The largest absolute Gasteiger partial charge is 0.472 e. The molecule has 16 heteroatoms. The number of aliphatic hydroxyl groups excluding tert-OH is 3. The fraction of sp³-hybridized carbons (Fsp3) is 0.455. The summed E-state index contributed by atoms with van der Waals surface area (Å²) in [6, 6.07) is 0. The molecule has 0 spiro atoms. The molecular weight excluding hydrogens is 389 g/mol. The van der Waals surface area contributed by atoms with Gasteiger partial charge in [-0.15, -0.1) is 0 Å². The van der Waals surface area contributed by atoms with Crippen LogP contribution < -0.4 is 33.2 Å². The topological polar surface area (TPSA) is 257 Å². The van der Waals surface area contributed by atoms with Crippen molar-refractivity contribution in [2.45, 2.75) is 30.8 Å². The Morgan fingerprint density at radius 3 is 2.59 bits per heavy atom. The normalized spacial score (nSPS) is 29.7. The number of ether oxygens (including phenoxy) is 1. The lowest BCUT2D eigenvalue weighted by Crippen LogP contribution is -2.44. The second kappa shape index (κ2) is 6.74. The maximum atomic E-state index is 10.9. The van der Waals surface area contributed by atoms with Crippen molar-refractivity contribution in [2.24, 2.45) is 22.2 Å². The van der Waals surface area contributed by atoms with Gasteiger partial charge >= 0.3 is 7.82 Å². The van der Waals surface area contributed by atoms with E-state index in [-0.39, 0.29) is 28.3 Å². The molecule has 0 bridgehead atoms. The van der Waals surface area contributed by atoms with Gasteiger partial charge < -0.3 is 52.4 Å². The molecule has 0 amide bonds. The number of fused-ring (bicyclic) bond motifs is 1. The van der Waals surface area contributed by atoms with Gasteiger partial charge in [0.25, 0.3) is 0 Å². The van der Waals surface area contributed by atoms with Crippen LogP contribution in [0.3, 0.4) is 0 Å². The van der Waals surface area contributed by atoms with Gasteiger partial charge in [0.05, 0.1) is 6.33 Å². The molecule has 150 valence electrons. The molecule has 5 atom stereocenters. The van der Waals surface area contributed by atoms with E-state index in [4.69, 9.17) is 31.7 Å². The van der Waals surface area contributed by atoms with Crippen molar-refractivity contribution in [3.05, 3.63) is 17.0 Å². The third-order valence-corrected chi connectivity index (χ3v) is 4.36. The van der Waals surface area contributed by atoms with E-state index in [1.54, 1.807) is 0 Å². The number of hydrogen-bond donors (Lipinski definition) is 9. The average Bonchev–Trinajstić information content (AvgIpc) is 3.05. The summed E-state index contributed by atoms with van der Waals surface area (Å²) in [6.07, 6.45) is -7.47. The number of aromatic nitrogens is 2. The molecule has 1 unspecified atom stereocenters. The monoisotopic (exact) mass is 407 g/mol. The van der Waals surface area contributed by atoms with Crippen molar-refractivity contribution in [1.82, 2.24) is 14.9 Å². The van der Waals surface area contributed by atoms with Crippen LogP contribution in [0, 0.1) is 0 Å². The van der Waals surface area contributed by atoms with Gasteiger partial charge in [0.2, 0.25) is 5.96 Å². The zero-order chi connectivity index (χ0) is 20.1. The van der Waals surface area contributed by atoms with Gasteiger partial charge in [-0.05, 0) is 0 Å². The van der Waals surface area contributed by atoms with Crippen LogP contribution in [-0.4, -0.2) is 65.2 Å². The molecule has 1 fully saturated rings. The first-order valence-electron chi connectivity index (χ1n) is 7.37. The molecule has 0 radical (unpaired) electrons. The highest BCUT2D eigenvalue weighted by atomic mass is 31.2. The Morgan fingerprint density at radius 1 is 1.30 bits per heavy atom. The maximum absolute atomic E-state index is 10.9. The van der Waals surface area contributed by atoms with Crippen LogP contribution in [0.1, 0.15) is 6.23 Å². The summed E-state index contributed by atoms with van der Waals surface area (Å²) in [6.45, 7) is 0. The SMILES string of the molecule is NC1=NC(N)=c2ncn([C@@H]3O[C@H](C(O)OP(=O)(O)O)[C@@H](O)[C@H]3O)c2=C(N)N1. The van der Waals surface area contributed by atoms with Crippen molar-refractivity contribution < 1.29 is 38.9 Å². The summed E-state index contributed by atoms with van der Waals surface area (Å²) in [5.41, 5.74) is 17.3. The van der Waals surface area contributed by atoms with Crippen molar-refractivity contribution in [3.63, 3.8) is 0 Å². The number of guanidine groups is 1. The number of phosphoric acid groups is 1. The molecule has 2 aliphatic rings. The molecule has 0 aromatic carbocycles. The van der Waals surface area contributed by atoms with Gasteiger partial charge in [-0.1, -0.05) is 0 Å². The summed E-state index contributed by atoms with van der Waals surface area (Å²) in [7, 11) is -5.07. The number of aliphatic imine (C=N–C) groups is 1. The first-order valence-corrected chi connectivity index (χ1v) is 8.90. The Bertz CT molecular complexity index is 941. The lowest BCUT2D eigenvalue weighted by Gasteiger charge is -2.21. The number of imidazole rings is 1. The number of nitrogens with two attached hydrogens (primary N) is 3. The summed E-state index contributed by atoms with van der Waals surface area (Å²) < 4.78 is 21.5. The third-order valence-electron chi connectivity index (χ3n) is 3.87. The molecule has 3 heterocycles. The number of nitrogens with zero attached hydrogens (tertiary/aromatic N) is 3. The van der Waals surface area contributed by atoms with E-state index in [2.05, 4.69) is 19.8 Å². The fourth-order valence-electron chi connectivity index (χ4n) is 2.77. The number of phosphoric ester groups is 1. The van der Waals surface area contributed by atoms with Crippen molar-refractivity contribution >= 4 is 25.4 Å². The van der Waals surface area contributed by atoms with Crippen molar-refractivity contribution in [3.8, 4) is 0 Å². The van der Waals surface area contributed by atoms with Crippen LogP contribution in [0.25, 0.3) is 11.6 Å². The molecule has 12 N–H and O–H groups in total. The van der Waals surface area contributed by atoms with E-state index in [1.165, 1.54) is 10.9 Å². The number of rotatable bonds is 4. The molecule has 3 rings (SSSR count). The molecule has 15 nitrogen and oxygen atoms in total. The molecule has 1 aromatic rings. The van der Waals surface area contributed by atoms with Crippen LogP contribution in [0.4, 0.5) is 0 Å². The Balaban J connectivity index is 2.00. The minimum Gasteiger partial charge on any atom is -0.387 e. The molecule has 0 aliphatic carbocycles. The molecule has 0 saturated carbocycles. The number of hydrogen-bond acceptors (Lipinski definition) is 12. The standard InChI is InChI=1S/C11H18N7O8P/c12-7-2-3(8(13)17-11(14)16-7)18(1-15-2)9-5(20)4(19)6(25-9)10(21)26-27(22,23)24/h1,4-6,9-10,19-21H,12-13H2,(H3,14,16,17)(H2,22,23,24)/t4-,5+,6-,9+,10?/m0/s1. The van der Waals surface area contributed by atoms with Crippen molar-refractivity contribution in [2.75, 3.05) is 0 Å². The minimum atomic E-state index is -5.07. The number of nitrogens with one attached hydrogen (secondary N) is 1. The zero-order valence-electron chi connectivity index (χ0n) is 13.4. The van der Waals surface area contributed by atoms with Crippen molar-refractivity contribution in [1.29, 1.82) is 0 Å². The van der Waals surface area contributed by atoms with Gasteiger partial charge in [0, 0.05) is 0 Å². The van der Waals surface area contributed by atoms with Crippen LogP contribution in [0.5, 0.6) is 0 Å². The van der Waals surface area contributed by atoms with E-state index in [1.807, 2.05) is 0 Å². The highest BCUT2D eigenvalue weighted by Gasteiger charge is 2.49. The van der Waals surface area contributed by atoms with Gasteiger partial charge in [0.15, 0.2) is 18.3 Å². The van der Waals surface area contributed by atoms with Gasteiger partial charge in [-0.2, -0.15) is 4.99 Å². The third kappa shape index (κ3) is 3.62. The Kier molecular flexibility index (Phi) is 4.87. The van der Waals surface area contributed by atoms with E-state index < -0.39 is 38.7 Å². The van der Waals surface area contributed by atoms with Crippen LogP contribution in [0.15, 0.2) is 11.3 Å². The van der Waals surface area contributed by atoms with E-state index >= 15 is 0 Å². The molecule has 1 aromatic heterocycles. The van der Waals surface area contributed by atoms with Gasteiger partial charge in [0.1, 0.15) is 34.8 Å². The maximum Gasteiger partial charge on any atom is 0.472 e. The lowest BCUT2D eigenvalue weighted by atomic mass is 10.1. The zero-order valence-corrected chi connectivity index (χ0v) is 14.3. The van der Waals surface area contributed by atoms with Crippen LogP contribution in [-0.2, 0) is 13.8 Å². The summed E-state index contributed by atoms with van der Waals surface area (Å²) in [5, 5.41) is 32.9. The Labute approximate surface area is 150 Å². The second-order valence-corrected chi connectivity index (χ2v) is 6.92. The first-order chi connectivity index (χ1) is 12.5. The molecule has 1 saturated heterocycles. The highest BCUT2D eigenvalue weighted by Crippen LogP contribution is 2.40. The molecular formula is C11H18N7O8P. The lowest BCUT2D eigenvalue weighted by molar-refractivity contribution is -0.161. The number of aliphatic hydroxyl groups is 3. The molecule has 2 aliphatic heterocycles. The fourth-order valence-corrected chi connectivity index (χ4v) is 3.17. The van der Waals surface area contributed by atoms with Gasteiger partial charge in [-0.3, -0.25) is 9.09 Å². The van der Waals surface area contributed by atoms with Gasteiger partial charge in [-0.25, -0.2) is 9.55 Å². The quantitative estimate of drug-likeness (QED) is 0.166. The predicted octanol–water partition coefficient (Wildman–Crippen LogP) is -6.10. The van der Waals surface area contributed by atoms with Crippen LogP contribution in [0.2, 0.25) is 0 Å². The smallest absolute Gasteiger partial charge is 0.387 e. The second-order valence-electron chi connectivity index (χ2n) is 5.73. The summed E-state index contributed by atoms with van der Waals surface area (Å²) in [5.74, 6) is -0.223. The van der Waals surface area contributed by atoms with E-state index in [0.717, 1.165) is 0 Å². The minimum absolute atomic E-state index is 0.0371. The highest BCUT2D eigenvalue weighted by molar-refractivity contribution is 7.46. The van der Waals surface area contributed by atoms with E-state index in [9.17, 15) is 19.9 Å². The molecule has 27 heavy (non-hydrogen) atoms. The Hall–Kier alpha value is -2.23. The summed E-state index contributed by atoms with van der Waals surface area (Å²) >= 11 is 0. The average molecular weight is 407 g/mol. The first kappa shape index (κ1) is 19.5.